The van der Waals surface area contributed by atoms with Crippen molar-refractivity contribution in [2.45, 2.75) is 40.0 Å². The van der Waals surface area contributed by atoms with Gasteiger partial charge >= 0.3 is 0 Å². The molecule has 2 unspecified atom stereocenters. The Balaban J connectivity index is 2.44. The molecule has 1 saturated heterocycles. The van der Waals surface area contributed by atoms with Gasteiger partial charge in [-0.15, -0.1) is 0 Å². The van der Waals surface area contributed by atoms with Gasteiger partial charge in [-0.05, 0) is 12.8 Å². The van der Waals surface area contributed by atoms with Crippen LogP contribution in [0.3, 0.4) is 0 Å². The molecule has 1 aliphatic heterocycles. The van der Waals surface area contributed by atoms with Crippen LogP contribution >= 0.6 is 0 Å². The van der Waals surface area contributed by atoms with Gasteiger partial charge in [0, 0.05) is 18.3 Å². The third-order valence-corrected chi connectivity index (χ3v) is 2.80. The summed E-state index contributed by atoms with van der Waals surface area (Å²) in [6.07, 6.45) is 6.50. The van der Waals surface area contributed by atoms with Crippen LogP contribution in [0.5, 0.6) is 0 Å². The Hall–Kier alpha value is -0.330. The van der Waals surface area contributed by atoms with Crippen LogP contribution in [-0.2, 0) is 0 Å². The molecule has 0 bridgehead atoms. The molecule has 0 aromatic rings. The average Bonchev–Trinajstić information content (AvgIpc) is 2.04. The van der Waals surface area contributed by atoms with Gasteiger partial charge in [-0.1, -0.05) is 20.8 Å². The van der Waals surface area contributed by atoms with Crippen LogP contribution in [-0.4, -0.2) is 23.9 Å². The minimum absolute atomic E-state index is 0.760. The molecule has 0 radical (unpaired) electrons. The molecule has 0 aliphatic carbocycles. The first-order chi connectivity index (χ1) is 5.72. The molecular formula is C11H22N+. The van der Waals surface area contributed by atoms with Gasteiger partial charge < -0.3 is 0 Å². The summed E-state index contributed by atoms with van der Waals surface area (Å²) in [6.45, 7) is 9.49. The van der Waals surface area contributed by atoms with Crippen molar-refractivity contribution in [3.8, 4) is 0 Å². The number of nitrogens with zero attached hydrogens (tertiary/aromatic N) is 1. The zero-order valence-electron chi connectivity index (χ0n) is 8.71. The summed E-state index contributed by atoms with van der Waals surface area (Å²) >= 11 is 0. The zero-order chi connectivity index (χ0) is 8.97. The zero-order valence-corrected chi connectivity index (χ0v) is 8.71. The smallest absolute Gasteiger partial charge is 0.145 e. The average molecular weight is 168 g/mol. The molecule has 1 heterocycles. The highest BCUT2D eigenvalue weighted by Crippen LogP contribution is 2.12. The van der Waals surface area contributed by atoms with Gasteiger partial charge in [0.15, 0.2) is 0 Å². The summed E-state index contributed by atoms with van der Waals surface area (Å²) in [7, 11) is 0. The van der Waals surface area contributed by atoms with E-state index in [1.807, 2.05) is 0 Å². The van der Waals surface area contributed by atoms with Gasteiger partial charge in [0.25, 0.3) is 0 Å². The van der Waals surface area contributed by atoms with E-state index >= 15 is 0 Å². The molecule has 1 heteroatoms. The molecule has 12 heavy (non-hydrogen) atoms. The lowest BCUT2D eigenvalue weighted by atomic mass is 10.0. The third-order valence-electron chi connectivity index (χ3n) is 2.80. The fraction of sp³-hybridized carbons (Fsp3) is 0.909. The van der Waals surface area contributed by atoms with Gasteiger partial charge in [0.05, 0.1) is 0 Å². The van der Waals surface area contributed by atoms with Crippen molar-refractivity contribution < 1.29 is 4.58 Å². The van der Waals surface area contributed by atoms with Crippen molar-refractivity contribution in [3.05, 3.63) is 0 Å². The molecule has 70 valence electrons. The van der Waals surface area contributed by atoms with Crippen molar-refractivity contribution in [1.82, 2.24) is 0 Å². The molecule has 1 fully saturated rings. The van der Waals surface area contributed by atoms with Crippen molar-refractivity contribution in [2.75, 3.05) is 13.1 Å². The van der Waals surface area contributed by atoms with Gasteiger partial charge in [-0.25, -0.2) is 4.58 Å². The monoisotopic (exact) mass is 168 g/mol. The molecule has 2 atom stereocenters. The maximum Gasteiger partial charge on any atom is 0.145 e. The normalized spacial score (nSPS) is 30.6. The third kappa shape index (κ3) is 2.96. The SMILES string of the molecule is CCC(C)C=[N+]1CCCC(C)C1. The van der Waals surface area contributed by atoms with Crippen molar-refractivity contribution in [2.24, 2.45) is 11.8 Å². The van der Waals surface area contributed by atoms with Crippen LogP contribution < -0.4 is 0 Å². The van der Waals surface area contributed by atoms with Gasteiger partial charge in [-0.2, -0.15) is 0 Å². The van der Waals surface area contributed by atoms with Crippen molar-refractivity contribution in [1.29, 1.82) is 0 Å². The maximum atomic E-state index is 2.52. The second kappa shape index (κ2) is 4.64. The molecule has 0 amide bonds. The lowest BCUT2D eigenvalue weighted by Gasteiger charge is -2.16. The minimum atomic E-state index is 0.760. The number of rotatable bonds is 2. The Kier molecular flexibility index (Phi) is 3.77. The predicted octanol–water partition coefficient (Wildman–Crippen LogP) is 2.55. The second-order valence-corrected chi connectivity index (χ2v) is 4.28. The summed E-state index contributed by atoms with van der Waals surface area (Å²) in [6, 6.07) is 0. The molecule has 0 aromatic carbocycles. The number of hydrogen-bond acceptors (Lipinski definition) is 0. The van der Waals surface area contributed by atoms with E-state index in [1.165, 1.54) is 32.4 Å². The Labute approximate surface area is 76.5 Å². The van der Waals surface area contributed by atoms with E-state index in [9.17, 15) is 0 Å². The number of hydrogen-bond donors (Lipinski definition) is 0. The summed E-state index contributed by atoms with van der Waals surface area (Å²) in [5.41, 5.74) is 0. The highest BCUT2D eigenvalue weighted by Gasteiger charge is 2.18. The van der Waals surface area contributed by atoms with E-state index in [0.29, 0.717) is 0 Å². The maximum absolute atomic E-state index is 2.52. The quantitative estimate of drug-likeness (QED) is 0.557. The second-order valence-electron chi connectivity index (χ2n) is 4.28. The molecule has 0 aromatic heterocycles. The van der Waals surface area contributed by atoms with E-state index < -0.39 is 0 Å². The van der Waals surface area contributed by atoms with Crippen molar-refractivity contribution in [3.63, 3.8) is 0 Å². The van der Waals surface area contributed by atoms with Crippen LogP contribution in [0.2, 0.25) is 0 Å². The number of piperidine rings is 1. The van der Waals surface area contributed by atoms with E-state index in [1.54, 1.807) is 0 Å². The first kappa shape index (κ1) is 9.76. The van der Waals surface area contributed by atoms with E-state index in [4.69, 9.17) is 0 Å². The largest absolute Gasteiger partial charge is 0.239 e. The summed E-state index contributed by atoms with van der Waals surface area (Å²) in [4.78, 5) is 0. The first-order valence-corrected chi connectivity index (χ1v) is 5.31. The van der Waals surface area contributed by atoms with Crippen LogP contribution in [0.1, 0.15) is 40.0 Å². The van der Waals surface area contributed by atoms with Crippen molar-refractivity contribution >= 4 is 6.21 Å². The molecule has 1 rings (SSSR count). The molecular weight excluding hydrogens is 146 g/mol. The van der Waals surface area contributed by atoms with Crippen LogP contribution in [0, 0.1) is 11.8 Å². The Morgan fingerprint density at radius 2 is 2.33 bits per heavy atom. The van der Waals surface area contributed by atoms with Gasteiger partial charge in [-0.3, -0.25) is 0 Å². The summed E-state index contributed by atoms with van der Waals surface area (Å²) < 4.78 is 2.52. The van der Waals surface area contributed by atoms with E-state index in [0.717, 1.165) is 11.8 Å². The fourth-order valence-electron chi connectivity index (χ4n) is 1.83. The van der Waals surface area contributed by atoms with Crippen LogP contribution in [0.15, 0.2) is 0 Å². The molecule has 0 spiro atoms. The summed E-state index contributed by atoms with van der Waals surface area (Å²) in [5, 5.41) is 0. The van der Waals surface area contributed by atoms with E-state index in [-0.39, 0.29) is 0 Å². The highest BCUT2D eigenvalue weighted by molar-refractivity contribution is 5.54. The molecule has 1 aliphatic rings. The van der Waals surface area contributed by atoms with Crippen LogP contribution in [0.25, 0.3) is 0 Å². The first-order valence-electron chi connectivity index (χ1n) is 5.31. The Morgan fingerprint density at radius 1 is 1.58 bits per heavy atom. The lowest BCUT2D eigenvalue weighted by Crippen LogP contribution is -2.28. The Bertz CT molecular complexity index is 160. The lowest BCUT2D eigenvalue weighted by molar-refractivity contribution is -0.542. The van der Waals surface area contributed by atoms with Crippen LogP contribution in [0.4, 0.5) is 0 Å². The standard InChI is InChI=1S/C11H22N/c1-4-10(2)8-12-7-5-6-11(3)9-12/h8,10-11H,4-7,9H2,1-3H3/q+1. The Morgan fingerprint density at radius 3 is 2.92 bits per heavy atom. The highest BCUT2D eigenvalue weighted by atomic mass is 15.0. The molecule has 0 saturated carbocycles. The predicted molar refractivity (Wildman–Crippen MR) is 53.9 cm³/mol. The summed E-state index contributed by atoms with van der Waals surface area (Å²) in [5.74, 6) is 1.66. The fourth-order valence-corrected chi connectivity index (χ4v) is 1.83. The molecule has 0 N–H and O–H groups in total. The topological polar surface area (TPSA) is 3.01 Å². The van der Waals surface area contributed by atoms with Gasteiger partial charge in [0.2, 0.25) is 0 Å². The van der Waals surface area contributed by atoms with Gasteiger partial charge in [0.1, 0.15) is 19.3 Å². The molecule has 1 nitrogen and oxygen atoms in total. The van der Waals surface area contributed by atoms with E-state index in [2.05, 4.69) is 31.6 Å². The minimum Gasteiger partial charge on any atom is -0.239 e.